The summed E-state index contributed by atoms with van der Waals surface area (Å²) in [4.78, 5) is 12.2. The van der Waals surface area contributed by atoms with Gasteiger partial charge in [-0.15, -0.1) is 10.2 Å². The summed E-state index contributed by atoms with van der Waals surface area (Å²) in [5.41, 5.74) is 1.90. The van der Waals surface area contributed by atoms with Crippen molar-refractivity contribution in [3.8, 4) is 17.4 Å². The van der Waals surface area contributed by atoms with Crippen LogP contribution >= 0.6 is 11.6 Å². The Hall–Kier alpha value is -3.84. The number of ether oxygens (including phenoxy) is 2. The normalized spacial score (nSPS) is 11.2. The van der Waals surface area contributed by atoms with Gasteiger partial charge in [-0.25, -0.2) is 0 Å². The first-order valence-corrected chi connectivity index (χ1v) is 10.7. The highest BCUT2D eigenvalue weighted by Gasteiger charge is 2.17. The number of aromatic nitrogens is 1. The Morgan fingerprint density at radius 3 is 2.52 bits per heavy atom. The third kappa shape index (κ3) is 5.32. The number of amides is 1. The van der Waals surface area contributed by atoms with Gasteiger partial charge >= 0.3 is 5.91 Å². The second-order valence-electron chi connectivity index (χ2n) is 7.29. The number of aryl methyl sites for hydroxylation is 1. The molecule has 0 aliphatic carbocycles. The van der Waals surface area contributed by atoms with E-state index in [0.717, 1.165) is 11.1 Å². The van der Waals surface area contributed by atoms with Gasteiger partial charge in [0.25, 0.3) is 0 Å². The summed E-state index contributed by atoms with van der Waals surface area (Å²) >= 11 is 5.90. The molecule has 0 unspecified atom stereocenters. The third-order valence-electron chi connectivity index (χ3n) is 5.02. The van der Waals surface area contributed by atoms with Crippen LogP contribution in [0.25, 0.3) is 10.9 Å². The van der Waals surface area contributed by atoms with Gasteiger partial charge in [-0.3, -0.25) is 4.79 Å². The molecule has 0 atom stereocenters. The van der Waals surface area contributed by atoms with Crippen LogP contribution in [0.15, 0.2) is 83.0 Å². The number of benzene rings is 3. The smallest absolute Gasteiger partial charge is 0.302 e. The van der Waals surface area contributed by atoms with Crippen molar-refractivity contribution in [2.24, 2.45) is 10.2 Å². The van der Waals surface area contributed by atoms with Crippen molar-refractivity contribution in [2.75, 3.05) is 13.2 Å². The summed E-state index contributed by atoms with van der Waals surface area (Å²) in [7, 11) is 0. The molecule has 4 rings (SSSR count). The van der Waals surface area contributed by atoms with Crippen LogP contribution in [0.2, 0.25) is 5.02 Å². The highest BCUT2D eigenvalue weighted by Crippen LogP contribution is 2.38. The van der Waals surface area contributed by atoms with E-state index in [9.17, 15) is 9.90 Å². The van der Waals surface area contributed by atoms with Crippen molar-refractivity contribution >= 4 is 34.1 Å². The Kier molecular flexibility index (Phi) is 6.90. The zero-order valence-corrected chi connectivity index (χ0v) is 18.7. The standard InChI is InChI=1S/C25H22ClN3O4/c1-17-6-2-5-9-22(17)33-16-23(30)27-28-24-20-7-3-4-8-21(20)29(25(24)31)14-15-32-19-12-10-18(26)11-13-19/h2-13,31H,14-16H2,1H3. The van der Waals surface area contributed by atoms with E-state index in [1.54, 1.807) is 34.9 Å². The largest absolute Gasteiger partial charge is 0.493 e. The molecule has 1 amide bonds. The monoisotopic (exact) mass is 463 g/mol. The van der Waals surface area contributed by atoms with Crippen LogP contribution in [0.1, 0.15) is 5.56 Å². The second kappa shape index (κ2) is 10.2. The van der Waals surface area contributed by atoms with Gasteiger partial charge in [0.05, 0.1) is 12.1 Å². The van der Waals surface area contributed by atoms with Gasteiger partial charge in [0, 0.05) is 10.4 Å². The maximum atomic E-state index is 12.2. The lowest BCUT2D eigenvalue weighted by Crippen LogP contribution is -2.08. The highest BCUT2D eigenvalue weighted by atomic mass is 35.5. The van der Waals surface area contributed by atoms with E-state index in [4.69, 9.17) is 21.1 Å². The Labute approximate surface area is 195 Å². The molecule has 168 valence electrons. The van der Waals surface area contributed by atoms with Gasteiger partial charge in [-0.1, -0.05) is 48.0 Å². The summed E-state index contributed by atoms with van der Waals surface area (Å²) in [6, 6.07) is 21.8. The van der Waals surface area contributed by atoms with Crippen LogP contribution in [-0.2, 0) is 11.3 Å². The first-order valence-electron chi connectivity index (χ1n) is 10.3. The lowest BCUT2D eigenvalue weighted by molar-refractivity contribution is -0.120. The van der Waals surface area contributed by atoms with Gasteiger partial charge in [0.1, 0.15) is 18.1 Å². The first kappa shape index (κ1) is 22.4. The maximum Gasteiger partial charge on any atom is 0.302 e. The number of aromatic hydroxyl groups is 1. The van der Waals surface area contributed by atoms with Crippen LogP contribution in [0.4, 0.5) is 5.69 Å². The maximum absolute atomic E-state index is 12.2. The van der Waals surface area contributed by atoms with E-state index in [0.29, 0.717) is 35.1 Å². The number of carbonyl (C=O) groups excluding carboxylic acids is 1. The second-order valence-corrected chi connectivity index (χ2v) is 7.73. The minimum Gasteiger partial charge on any atom is -0.493 e. The molecular weight excluding hydrogens is 442 g/mol. The van der Waals surface area contributed by atoms with E-state index in [1.165, 1.54) is 0 Å². The van der Waals surface area contributed by atoms with Crippen LogP contribution in [0.3, 0.4) is 0 Å². The number of para-hydroxylation sites is 2. The van der Waals surface area contributed by atoms with E-state index < -0.39 is 5.91 Å². The number of rotatable bonds is 8. The molecule has 0 aliphatic heterocycles. The zero-order chi connectivity index (χ0) is 23.2. The topological polar surface area (TPSA) is 85.4 Å². The summed E-state index contributed by atoms with van der Waals surface area (Å²) < 4.78 is 12.9. The number of carbonyl (C=O) groups is 1. The molecule has 1 heterocycles. The van der Waals surface area contributed by atoms with Gasteiger partial charge in [-0.2, -0.15) is 0 Å². The fourth-order valence-corrected chi connectivity index (χ4v) is 3.50. The van der Waals surface area contributed by atoms with E-state index in [1.807, 2.05) is 49.4 Å². The summed E-state index contributed by atoms with van der Waals surface area (Å²) in [5.74, 6) is 0.642. The molecule has 0 spiro atoms. The molecule has 7 nitrogen and oxygen atoms in total. The molecule has 0 saturated heterocycles. The average molecular weight is 464 g/mol. The summed E-state index contributed by atoms with van der Waals surface area (Å²) in [6.07, 6.45) is 0. The van der Waals surface area contributed by atoms with Crippen molar-refractivity contribution in [2.45, 2.75) is 13.5 Å². The minimum absolute atomic E-state index is 0.0905. The number of halogens is 1. The first-order chi connectivity index (χ1) is 16.0. The number of fused-ring (bicyclic) bond motifs is 1. The fraction of sp³-hybridized carbons (Fsp3) is 0.160. The molecule has 0 bridgehead atoms. The van der Waals surface area contributed by atoms with Crippen LogP contribution in [0.5, 0.6) is 17.4 Å². The Balaban J connectivity index is 1.47. The molecule has 1 N–H and O–H groups in total. The van der Waals surface area contributed by atoms with Crippen molar-refractivity contribution in [3.63, 3.8) is 0 Å². The molecule has 1 aromatic heterocycles. The molecule has 8 heteroatoms. The third-order valence-corrected chi connectivity index (χ3v) is 5.27. The Morgan fingerprint density at radius 1 is 1.00 bits per heavy atom. The van der Waals surface area contributed by atoms with E-state index in [-0.39, 0.29) is 18.2 Å². The molecule has 4 aromatic rings. The minimum atomic E-state index is -0.555. The Morgan fingerprint density at radius 2 is 1.73 bits per heavy atom. The number of nitrogens with zero attached hydrogens (tertiary/aromatic N) is 3. The van der Waals surface area contributed by atoms with E-state index in [2.05, 4.69) is 10.2 Å². The molecular formula is C25H22ClN3O4. The quantitative estimate of drug-likeness (QED) is 0.321. The van der Waals surface area contributed by atoms with Crippen molar-refractivity contribution in [1.29, 1.82) is 0 Å². The predicted octanol–water partition coefficient (Wildman–Crippen LogP) is 6.08. The molecule has 0 aliphatic rings. The lowest BCUT2D eigenvalue weighted by atomic mass is 10.2. The van der Waals surface area contributed by atoms with Crippen molar-refractivity contribution < 1.29 is 19.4 Å². The van der Waals surface area contributed by atoms with Crippen molar-refractivity contribution in [3.05, 3.63) is 83.4 Å². The van der Waals surface area contributed by atoms with Gasteiger partial charge in [0.15, 0.2) is 12.3 Å². The summed E-state index contributed by atoms with van der Waals surface area (Å²) in [6.45, 7) is 2.33. The molecule has 0 radical (unpaired) electrons. The van der Waals surface area contributed by atoms with Gasteiger partial charge < -0.3 is 19.1 Å². The fourth-order valence-electron chi connectivity index (χ4n) is 3.37. The SMILES string of the molecule is Cc1ccccc1OCC(=O)N=Nc1c(O)n(CCOc2ccc(Cl)cc2)c2ccccc12. The molecule has 33 heavy (non-hydrogen) atoms. The zero-order valence-electron chi connectivity index (χ0n) is 17.9. The average Bonchev–Trinajstić information content (AvgIpc) is 3.09. The van der Waals surface area contributed by atoms with Crippen LogP contribution < -0.4 is 9.47 Å². The molecule has 0 saturated carbocycles. The Bertz CT molecular complexity index is 1300. The molecule has 0 fully saturated rings. The number of hydrogen-bond acceptors (Lipinski definition) is 5. The van der Waals surface area contributed by atoms with Crippen molar-refractivity contribution in [1.82, 2.24) is 4.57 Å². The summed E-state index contributed by atoms with van der Waals surface area (Å²) in [5, 5.41) is 19.9. The van der Waals surface area contributed by atoms with Crippen LogP contribution in [0, 0.1) is 6.92 Å². The van der Waals surface area contributed by atoms with Gasteiger partial charge in [-0.05, 0) is 48.9 Å². The van der Waals surface area contributed by atoms with E-state index >= 15 is 0 Å². The number of azo groups is 1. The van der Waals surface area contributed by atoms with Crippen LogP contribution in [-0.4, -0.2) is 28.8 Å². The van der Waals surface area contributed by atoms with Gasteiger partial charge in [0.2, 0.25) is 5.88 Å². The lowest BCUT2D eigenvalue weighted by Gasteiger charge is -2.09. The molecule has 3 aromatic carbocycles. The highest BCUT2D eigenvalue weighted by molar-refractivity contribution is 6.30. The number of hydrogen-bond donors (Lipinski definition) is 1. The predicted molar refractivity (Wildman–Crippen MR) is 127 cm³/mol.